The standard InChI is InChI=1S/C24H22N2O4S/c1-16-20-14-22(31-23(20)26(25-16)15-18-8-4-3-5-9-18)24(28)30-13-12-29-21-11-7-6-10-19(21)17(2)27/h3-11,14H,12-13,15H2,1-2H3. The van der Waals surface area contributed by atoms with Crippen molar-refractivity contribution >= 4 is 33.3 Å². The Balaban J connectivity index is 1.39. The number of aromatic nitrogens is 2. The van der Waals surface area contributed by atoms with Crippen molar-refractivity contribution in [2.24, 2.45) is 0 Å². The summed E-state index contributed by atoms with van der Waals surface area (Å²) in [7, 11) is 0. The molecule has 0 amide bonds. The predicted molar refractivity (Wildman–Crippen MR) is 120 cm³/mol. The molecule has 4 aromatic rings. The lowest BCUT2D eigenvalue weighted by atomic mass is 10.1. The lowest BCUT2D eigenvalue weighted by molar-refractivity contribution is 0.0455. The van der Waals surface area contributed by atoms with E-state index in [0.29, 0.717) is 22.7 Å². The van der Waals surface area contributed by atoms with E-state index in [2.05, 4.69) is 17.2 Å². The number of thiophene rings is 1. The van der Waals surface area contributed by atoms with Crippen LogP contribution in [0.25, 0.3) is 10.2 Å². The number of Topliss-reactive ketones (excluding diaryl/α,β-unsaturated/α-hetero) is 1. The van der Waals surface area contributed by atoms with Gasteiger partial charge in [-0.15, -0.1) is 11.3 Å². The number of hydrogen-bond donors (Lipinski definition) is 0. The quantitative estimate of drug-likeness (QED) is 0.224. The number of aryl methyl sites for hydroxylation is 1. The Morgan fingerprint density at radius 3 is 2.55 bits per heavy atom. The number of ketones is 1. The number of nitrogens with zero attached hydrogens (tertiary/aromatic N) is 2. The highest BCUT2D eigenvalue weighted by molar-refractivity contribution is 7.20. The van der Waals surface area contributed by atoms with Crippen molar-refractivity contribution in [3.63, 3.8) is 0 Å². The Hall–Kier alpha value is -3.45. The number of hydrogen-bond acceptors (Lipinski definition) is 6. The van der Waals surface area contributed by atoms with Crippen molar-refractivity contribution in [1.82, 2.24) is 9.78 Å². The van der Waals surface area contributed by atoms with Crippen molar-refractivity contribution in [2.45, 2.75) is 20.4 Å². The molecule has 7 heteroatoms. The Kier molecular flexibility index (Phi) is 6.13. The van der Waals surface area contributed by atoms with Gasteiger partial charge in [-0.2, -0.15) is 5.10 Å². The van der Waals surface area contributed by atoms with Gasteiger partial charge in [0.05, 0.1) is 17.8 Å². The molecular formula is C24H22N2O4S. The number of carbonyl (C=O) groups excluding carboxylic acids is 2. The van der Waals surface area contributed by atoms with Gasteiger partial charge < -0.3 is 9.47 Å². The molecule has 0 saturated heterocycles. The third-order valence-corrected chi connectivity index (χ3v) is 5.95. The second-order valence-electron chi connectivity index (χ2n) is 7.09. The molecule has 31 heavy (non-hydrogen) atoms. The molecular weight excluding hydrogens is 412 g/mol. The van der Waals surface area contributed by atoms with Gasteiger partial charge in [0.15, 0.2) is 5.78 Å². The fourth-order valence-electron chi connectivity index (χ4n) is 3.32. The molecule has 0 fully saturated rings. The van der Waals surface area contributed by atoms with Crippen LogP contribution in [0.4, 0.5) is 0 Å². The van der Waals surface area contributed by atoms with Crippen molar-refractivity contribution in [3.8, 4) is 5.75 Å². The molecule has 0 radical (unpaired) electrons. The van der Waals surface area contributed by atoms with Crippen LogP contribution in [0.15, 0.2) is 60.7 Å². The highest BCUT2D eigenvalue weighted by Gasteiger charge is 2.17. The molecule has 0 aliphatic rings. The summed E-state index contributed by atoms with van der Waals surface area (Å²) < 4.78 is 12.9. The smallest absolute Gasteiger partial charge is 0.348 e. The minimum atomic E-state index is -0.393. The minimum absolute atomic E-state index is 0.0715. The topological polar surface area (TPSA) is 70.4 Å². The van der Waals surface area contributed by atoms with E-state index in [0.717, 1.165) is 21.5 Å². The van der Waals surface area contributed by atoms with Crippen LogP contribution >= 0.6 is 11.3 Å². The van der Waals surface area contributed by atoms with E-state index in [1.165, 1.54) is 18.3 Å². The van der Waals surface area contributed by atoms with Gasteiger partial charge in [0.1, 0.15) is 28.7 Å². The molecule has 0 bridgehead atoms. The van der Waals surface area contributed by atoms with E-state index < -0.39 is 5.97 Å². The van der Waals surface area contributed by atoms with E-state index in [1.807, 2.05) is 35.9 Å². The second-order valence-corrected chi connectivity index (χ2v) is 8.13. The van der Waals surface area contributed by atoms with Gasteiger partial charge >= 0.3 is 5.97 Å². The van der Waals surface area contributed by atoms with E-state index >= 15 is 0 Å². The normalized spacial score (nSPS) is 10.9. The largest absolute Gasteiger partial charge is 0.489 e. The second kappa shape index (κ2) is 9.14. The summed E-state index contributed by atoms with van der Waals surface area (Å²) in [6.07, 6.45) is 0. The molecule has 4 rings (SSSR count). The summed E-state index contributed by atoms with van der Waals surface area (Å²) in [4.78, 5) is 25.7. The zero-order valence-electron chi connectivity index (χ0n) is 17.3. The molecule has 0 atom stereocenters. The Morgan fingerprint density at radius 1 is 1.03 bits per heavy atom. The highest BCUT2D eigenvalue weighted by atomic mass is 32.1. The molecule has 0 aliphatic carbocycles. The first-order valence-corrected chi connectivity index (χ1v) is 10.8. The van der Waals surface area contributed by atoms with Crippen LogP contribution in [0.1, 0.15) is 38.2 Å². The van der Waals surface area contributed by atoms with Gasteiger partial charge in [0.2, 0.25) is 0 Å². The number of benzene rings is 2. The molecule has 2 heterocycles. The van der Waals surface area contributed by atoms with E-state index in [-0.39, 0.29) is 19.0 Å². The minimum Gasteiger partial charge on any atom is -0.489 e. The number of rotatable bonds is 8. The van der Waals surface area contributed by atoms with Gasteiger partial charge in [-0.25, -0.2) is 4.79 Å². The molecule has 0 unspecified atom stereocenters. The number of ether oxygens (including phenoxy) is 2. The number of fused-ring (bicyclic) bond motifs is 1. The molecule has 2 aromatic heterocycles. The third-order valence-electron chi connectivity index (χ3n) is 4.82. The van der Waals surface area contributed by atoms with Crippen LogP contribution in [-0.2, 0) is 11.3 Å². The third kappa shape index (κ3) is 4.67. The van der Waals surface area contributed by atoms with E-state index in [9.17, 15) is 9.59 Å². The summed E-state index contributed by atoms with van der Waals surface area (Å²) in [5.41, 5.74) is 2.54. The fraction of sp³-hybridized carbons (Fsp3) is 0.208. The first-order chi connectivity index (χ1) is 15.0. The van der Waals surface area contributed by atoms with Crippen molar-refractivity contribution in [1.29, 1.82) is 0 Å². The molecule has 0 spiro atoms. The lowest BCUT2D eigenvalue weighted by Gasteiger charge is -2.09. The van der Waals surface area contributed by atoms with E-state index in [4.69, 9.17) is 9.47 Å². The highest BCUT2D eigenvalue weighted by Crippen LogP contribution is 2.29. The fourth-order valence-corrected chi connectivity index (χ4v) is 4.37. The predicted octanol–water partition coefficient (Wildman–Crippen LogP) is 4.89. The summed E-state index contributed by atoms with van der Waals surface area (Å²) in [5.74, 6) is 0.0256. The lowest BCUT2D eigenvalue weighted by Crippen LogP contribution is -2.12. The Labute approximate surface area is 184 Å². The van der Waals surface area contributed by atoms with Crippen molar-refractivity contribution in [2.75, 3.05) is 13.2 Å². The zero-order chi connectivity index (χ0) is 21.8. The van der Waals surface area contributed by atoms with Crippen LogP contribution in [-0.4, -0.2) is 34.7 Å². The van der Waals surface area contributed by atoms with Crippen LogP contribution in [0.2, 0.25) is 0 Å². The first kappa shape index (κ1) is 20.8. The molecule has 6 nitrogen and oxygen atoms in total. The molecule has 158 valence electrons. The van der Waals surface area contributed by atoms with Gasteiger partial charge in [-0.05, 0) is 37.6 Å². The number of esters is 1. The molecule has 0 N–H and O–H groups in total. The number of para-hydroxylation sites is 1. The number of carbonyl (C=O) groups is 2. The van der Waals surface area contributed by atoms with Gasteiger partial charge in [-0.1, -0.05) is 42.5 Å². The first-order valence-electron chi connectivity index (χ1n) is 9.93. The summed E-state index contributed by atoms with van der Waals surface area (Å²) >= 11 is 1.37. The molecule has 0 aliphatic heterocycles. The molecule has 0 saturated carbocycles. The summed E-state index contributed by atoms with van der Waals surface area (Å²) in [6.45, 7) is 4.33. The van der Waals surface area contributed by atoms with Crippen LogP contribution in [0, 0.1) is 6.92 Å². The van der Waals surface area contributed by atoms with Gasteiger partial charge in [-0.3, -0.25) is 9.48 Å². The Bertz CT molecular complexity index is 1230. The molecule has 2 aromatic carbocycles. The van der Waals surface area contributed by atoms with Crippen molar-refractivity contribution < 1.29 is 19.1 Å². The Morgan fingerprint density at radius 2 is 1.77 bits per heavy atom. The van der Waals surface area contributed by atoms with Gasteiger partial charge in [0, 0.05) is 5.39 Å². The average Bonchev–Trinajstić information content (AvgIpc) is 3.33. The maximum atomic E-state index is 12.5. The van der Waals surface area contributed by atoms with Gasteiger partial charge in [0.25, 0.3) is 0 Å². The van der Waals surface area contributed by atoms with E-state index in [1.54, 1.807) is 24.3 Å². The van der Waals surface area contributed by atoms with Crippen LogP contribution in [0.5, 0.6) is 5.75 Å². The average molecular weight is 435 g/mol. The summed E-state index contributed by atoms with van der Waals surface area (Å²) in [5, 5.41) is 5.56. The van der Waals surface area contributed by atoms with Crippen LogP contribution < -0.4 is 4.74 Å². The zero-order valence-corrected chi connectivity index (χ0v) is 18.1. The maximum absolute atomic E-state index is 12.5. The maximum Gasteiger partial charge on any atom is 0.348 e. The SMILES string of the molecule is CC(=O)c1ccccc1OCCOC(=O)c1cc2c(C)nn(Cc3ccccc3)c2s1. The summed E-state index contributed by atoms with van der Waals surface area (Å²) in [6, 6.07) is 18.9. The monoisotopic (exact) mass is 434 g/mol. The van der Waals surface area contributed by atoms with Crippen LogP contribution in [0.3, 0.4) is 0 Å². The van der Waals surface area contributed by atoms with Crippen molar-refractivity contribution in [3.05, 3.63) is 82.4 Å².